The van der Waals surface area contributed by atoms with Crippen molar-refractivity contribution < 1.29 is 22.7 Å². The number of hydrogen-bond donors (Lipinski definition) is 1. The second-order valence-corrected chi connectivity index (χ2v) is 6.66. The van der Waals surface area contributed by atoms with Crippen molar-refractivity contribution in [2.45, 2.75) is 31.9 Å². The summed E-state index contributed by atoms with van der Waals surface area (Å²) in [5, 5.41) is 7.25. The molecule has 0 bridgehead atoms. The summed E-state index contributed by atoms with van der Waals surface area (Å²) >= 11 is 0. The van der Waals surface area contributed by atoms with Crippen LogP contribution in [0, 0.1) is 5.82 Å². The van der Waals surface area contributed by atoms with E-state index in [9.17, 15) is 18.0 Å². The van der Waals surface area contributed by atoms with E-state index in [0.717, 1.165) is 5.56 Å². The van der Waals surface area contributed by atoms with Crippen LogP contribution in [-0.2, 0) is 4.79 Å². The highest BCUT2D eigenvalue weighted by atomic mass is 19.3. The molecule has 2 aromatic carbocycles. The highest BCUT2D eigenvalue weighted by molar-refractivity contribution is 5.83. The van der Waals surface area contributed by atoms with Crippen LogP contribution >= 0.6 is 0 Å². The predicted octanol–water partition coefficient (Wildman–Crippen LogP) is 3.93. The summed E-state index contributed by atoms with van der Waals surface area (Å²) < 4.78 is 47.1. The third-order valence-corrected chi connectivity index (χ3v) is 4.51. The molecular formula is C20H20F3N3O2. The number of amides is 1. The average Bonchev–Trinajstić information content (AvgIpc) is 3.04. The number of fused-ring (bicyclic) bond motifs is 1. The molecule has 28 heavy (non-hydrogen) atoms. The minimum atomic E-state index is -3.51. The highest BCUT2D eigenvalue weighted by Crippen LogP contribution is 2.28. The number of rotatable bonds is 6. The first-order chi connectivity index (χ1) is 13.2. The number of halogens is 3. The topological polar surface area (TPSA) is 56.1 Å². The zero-order valence-corrected chi connectivity index (χ0v) is 15.6. The van der Waals surface area contributed by atoms with Crippen LogP contribution in [-0.4, -0.2) is 34.8 Å². The second kappa shape index (κ2) is 7.53. The maximum atomic E-state index is 13.5. The van der Waals surface area contributed by atoms with Gasteiger partial charge in [0.2, 0.25) is 0 Å². The molecule has 0 saturated heterocycles. The largest absolute Gasteiger partial charge is 0.497 e. The lowest BCUT2D eigenvalue weighted by Gasteiger charge is -2.27. The Morgan fingerprint density at radius 1 is 1.21 bits per heavy atom. The fourth-order valence-corrected chi connectivity index (χ4v) is 3.10. The highest BCUT2D eigenvalue weighted by Gasteiger charge is 2.35. The van der Waals surface area contributed by atoms with Crippen LogP contribution < -0.4 is 10.1 Å². The van der Waals surface area contributed by atoms with Crippen molar-refractivity contribution in [2.24, 2.45) is 0 Å². The van der Waals surface area contributed by atoms with Crippen LogP contribution in [0.15, 0.2) is 48.7 Å². The summed E-state index contributed by atoms with van der Waals surface area (Å²) in [6.45, 7) is 2.17. The first-order valence-electron chi connectivity index (χ1n) is 8.66. The Morgan fingerprint density at radius 3 is 2.50 bits per heavy atom. The molecule has 3 rings (SSSR count). The average molecular weight is 391 g/mol. The summed E-state index contributed by atoms with van der Waals surface area (Å²) in [5.74, 6) is -4.65. The van der Waals surface area contributed by atoms with Crippen LogP contribution in [0.4, 0.5) is 13.2 Å². The molecule has 0 aliphatic heterocycles. The lowest BCUT2D eigenvalue weighted by atomic mass is 9.99. The van der Waals surface area contributed by atoms with Gasteiger partial charge in [0.15, 0.2) is 0 Å². The second-order valence-electron chi connectivity index (χ2n) is 6.66. The summed E-state index contributed by atoms with van der Waals surface area (Å²) in [6, 6.07) is 9.90. The van der Waals surface area contributed by atoms with Crippen molar-refractivity contribution in [3.8, 4) is 5.75 Å². The minimum Gasteiger partial charge on any atom is -0.497 e. The van der Waals surface area contributed by atoms with Gasteiger partial charge in [0, 0.05) is 12.3 Å². The number of ether oxygens (including phenoxy) is 1. The van der Waals surface area contributed by atoms with E-state index in [1.165, 1.54) is 25.4 Å². The van der Waals surface area contributed by atoms with Crippen LogP contribution in [0.2, 0.25) is 0 Å². The molecule has 0 unspecified atom stereocenters. The van der Waals surface area contributed by atoms with E-state index in [1.54, 1.807) is 41.9 Å². The van der Waals surface area contributed by atoms with Gasteiger partial charge in [0.25, 0.3) is 5.91 Å². The van der Waals surface area contributed by atoms with Gasteiger partial charge >= 0.3 is 5.92 Å². The Balaban J connectivity index is 2.06. The molecule has 0 aliphatic carbocycles. The molecule has 1 heterocycles. The smallest absolute Gasteiger partial charge is 0.321 e. The van der Waals surface area contributed by atoms with Crippen molar-refractivity contribution >= 4 is 16.8 Å². The molecule has 5 nitrogen and oxygen atoms in total. The molecule has 1 N–H and O–H groups in total. The number of methoxy groups -OCH3 is 1. The molecule has 0 radical (unpaired) electrons. The van der Waals surface area contributed by atoms with E-state index in [0.29, 0.717) is 23.6 Å². The zero-order chi connectivity index (χ0) is 20.5. The monoisotopic (exact) mass is 391 g/mol. The summed E-state index contributed by atoms with van der Waals surface area (Å²) in [5.41, 5.74) is 1.34. The lowest BCUT2D eigenvalue weighted by molar-refractivity contribution is -0.143. The van der Waals surface area contributed by atoms with Crippen molar-refractivity contribution in [3.63, 3.8) is 0 Å². The van der Waals surface area contributed by atoms with Crippen LogP contribution in [0.1, 0.15) is 25.5 Å². The molecule has 0 fully saturated rings. The fourth-order valence-electron chi connectivity index (χ4n) is 3.10. The molecule has 0 saturated carbocycles. The predicted molar refractivity (Wildman–Crippen MR) is 99.0 cm³/mol. The molecule has 0 spiro atoms. The molecule has 148 valence electrons. The third-order valence-electron chi connectivity index (χ3n) is 4.51. The third kappa shape index (κ3) is 3.95. The number of nitrogens with one attached hydrogen (secondary N) is 1. The lowest BCUT2D eigenvalue weighted by Crippen LogP contribution is -2.46. The van der Waals surface area contributed by atoms with Gasteiger partial charge in [-0.05, 0) is 42.8 Å². The maximum absolute atomic E-state index is 13.5. The molecule has 1 amide bonds. The minimum absolute atomic E-state index is 0.403. The van der Waals surface area contributed by atoms with E-state index in [1.807, 2.05) is 0 Å². The van der Waals surface area contributed by atoms with Gasteiger partial charge < -0.3 is 10.1 Å². The molecule has 0 aliphatic rings. The quantitative estimate of drug-likeness (QED) is 0.693. The van der Waals surface area contributed by atoms with Gasteiger partial charge in [-0.15, -0.1) is 0 Å². The molecule has 8 heteroatoms. The van der Waals surface area contributed by atoms with E-state index in [4.69, 9.17) is 4.74 Å². The van der Waals surface area contributed by atoms with Gasteiger partial charge in [0.05, 0.1) is 30.9 Å². The van der Waals surface area contributed by atoms with Gasteiger partial charge in [-0.2, -0.15) is 13.9 Å². The van der Waals surface area contributed by atoms with Crippen molar-refractivity contribution in [3.05, 3.63) is 60.0 Å². The Kier molecular flexibility index (Phi) is 5.31. The van der Waals surface area contributed by atoms with Crippen LogP contribution in [0.3, 0.4) is 0 Å². The number of aromatic nitrogens is 2. The Hall–Kier alpha value is -3.03. The maximum Gasteiger partial charge on any atom is 0.321 e. The number of alkyl halides is 2. The van der Waals surface area contributed by atoms with Gasteiger partial charge in [-0.25, -0.2) is 4.39 Å². The summed E-state index contributed by atoms with van der Waals surface area (Å²) in [4.78, 5) is 11.8. The van der Waals surface area contributed by atoms with Gasteiger partial charge in [0.1, 0.15) is 11.6 Å². The van der Waals surface area contributed by atoms with Crippen LogP contribution in [0.25, 0.3) is 10.9 Å². The Morgan fingerprint density at radius 2 is 1.89 bits per heavy atom. The van der Waals surface area contributed by atoms with E-state index < -0.39 is 29.7 Å². The van der Waals surface area contributed by atoms with Gasteiger partial charge in [-0.1, -0.05) is 12.1 Å². The van der Waals surface area contributed by atoms with E-state index in [-0.39, 0.29) is 0 Å². The number of hydrogen-bond acceptors (Lipinski definition) is 3. The fraction of sp³-hybridized carbons (Fsp3) is 0.300. The van der Waals surface area contributed by atoms with Crippen molar-refractivity contribution in [1.82, 2.24) is 15.1 Å². The first kappa shape index (κ1) is 19.7. The standard InChI is InChI=1S/C20H20F3N3O2/c1-12(25-19(27)20(2,22)23)18(13-4-7-16(28-3)8-5-13)26-17-9-6-15(21)10-14(17)11-24-26/h4-12,18H,1-3H3,(H,25,27)/t12-,18-/m0/s1. The number of nitrogens with zero attached hydrogens (tertiary/aromatic N) is 2. The molecular weight excluding hydrogens is 371 g/mol. The molecule has 1 aromatic heterocycles. The van der Waals surface area contributed by atoms with E-state index in [2.05, 4.69) is 10.4 Å². The first-order valence-corrected chi connectivity index (χ1v) is 8.66. The summed E-state index contributed by atoms with van der Waals surface area (Å²) in [6.07, 6.45) is 1.50. The molecule has 3 aromatic rings. The zero-order valence-electron chi connectivity index (χ0n) is 15.6. The Labute approximate surface area is 160 Å². The van der Waals surface area contributed by atoms with E-state index >= 15 is 0 Å². The molecule has 2 atom stereocenters. The SMILES string of the molecule is COc1ccc([C@H]([C@H](C)NC(=O)C(C)(F)F)n2ncc3cc(F)ccc32)cc1. The van der Waals surface area contributed by atoms with Crippen molar-refractivity contribution in [1.29, 1.82) is 0 Å². The van der Waals surface area contributed by atoms with Crippen LogP contribution in [0.5, 0.6) is 5.75 Å². The van der Waals surface area contributed by atoms with Crippen molar-refractivity contribution in [2.75, 3.05) is 7.11 Å². The van der Waals surface area contributed by atoms with Gasteiger partial charge in [-0.3, -0.25) is 9.48 Å². The number of carbonyl (C=O) groups is 1. The number of carbonyl (C=O) groups excluding carboxylic acids is 1. The number of benzene rings is 2. The Bertz CT molecular complexity index is 981. The summed E-state index contributed by atoms with van der Waals surface area (Å²) in [7, 11) is 1.54. The normalized spacial score (nSPS) is 13.9.